The van der Waals surface area contributed by atoms with Crippen LogP contribution in [-0.2, 0) is 14.8 Å². The Kier molecular flexibility index (Phi) is 9.21. The number of sulfonamides is 1. The first kappa shape index (κ1) is 28.8. The molecular formula is C29H24Cl2N4O4S. The number of hydrazone groups is 1. The van der Waals surface area contributed by atoms with Crippen molar-refractivity contribution in [1.29, 1.82) is 0 Å². The molecule has 0 heterocycles. The van der Waals surface area contributed by atoms with Crippen LogP contribution in [0.2, 0.25) is 10.0 Å². The van der Waals surface area contributed by atoms with Crippen molar-refractivity contribution < 1.29 is 18.0 Å². The van der Waals surface area contributed by atoms with Gasteiger partial charge < -0.3 is 5.32 Å². The highest BCUT2D eigenvalue weighted by molar-refractivity contribution is 7.92. The first-order chi connectivity index (χ1) is 19.1. The Labute approximate surface area is 242 Å². The van der Waals surface area contributed by atoms with Gasteiger partial charge in [-0.3, -0.25) is 13.9 Å². The van der Waals surface area contributed by atoms with Gasteiger partial charge in [-0.2, -0.15) is 5.10 Å². The van der Waals surface area contributed by atoms with Crippen LogP contribution in [0.15, 0.2) is 113 Å². The summed E-state index contributed by atoms with van der Waals surface area (Å²) in [6.45, 7) is 1.09. The molecule has 0 aliphatic carbocycles. The van der Waals surface area contributed by atoms with Gasteiger partial charge in [0.15, 0.2) is 0 Å². The van der Waals surface area contributed by atoms with Crippen LogP contribution >= 0.6 is 23.2 Å². The Morgan fingerprint density at radius 2 is 1.40 bits per heavy atom. The predicted molar refractivity (Wildman–Crippen MR) is 159 cm³/mol. The smallest absolute Gasteiger partial charge is 0.264 e. The lowest BCUT2D eigenvalue weighted by atomic mass is 10.1. The van der Waals surface area contributed by atoms with Crippen molar-refractivity contribution >= 4 is 62.1 Å². The average Bonchev–Trinajstić information content (AvgIpc) is 2.95. The average molecular weight is 596 g/mol. The topological polar surface area (TPSA) is 108 Å². The summed E-state index contributed by atoms with van der Waals surface area (Å²) < 4.78 is 27.9. The standard InChI is InChI=1S/C29H24Cl2N4O4S/c1-20(22-11-8-12-25(15-22)32-29(37)21-9-4-2-5-10-21)33-34-28(36)19-35(26-17-23(30)16-24(31)18-26)40(38,39)27-13-6-3-7-14-27/h2-18H,19H2,1H3,(H,32,37)(H,34,36)/b33-20-. The summed E-state index contributed by atoms with van der Waals surface area (Å²) in [5.41, 5.74) is 4.67. The van der Waals surface area contributed by atoms with Crippen molar-refractivity contribution in [2.45, 2.75) is 11.8 Å². The molecule has 0 fully saturated rings. The fourth-order valence-electron chi connectivity index (χ4n) is 3.71. The molecule has 0 saturated heterocycles. The van der Waals surface area contributed by atoms with E-state index in [1.54, 1.807) is 73.7 Å². The van der Waals surface area contributed by atoms with E-state index in [-0.39, 0.29) is 26.5 Å². The Morgan fingerprint density at radius 3 is 2.05 bits per heavy atom. The first-order valence-electron chi connectivity index (χ1n) is 12.0. The summed E-state index contributed by atoms with van der Waals surface area (Å²) in [7, 11) is -4.15. The number of halogens is 2. The number of nitrogens with zero attached hydrogens (tertiary/aromatic N) is 2. The first-order valence-corrected chi connectivity index (χ1v) is 14.2. The zero-order valence-electron chi connectivity index (χ0n) is 21.2. The maximum absolute atomic E-state index is 13.5. The zero-order valence-corrected chi connectivity index (χ0v) is 23.5. The summed E-state index contributed by atoms with van der Waals surface area (Å²) in [5, 5.41) is 7.39. The Hall–Kier alpha value is -4.18. The van der Waals surface area contributed by atoms with Gasteiger partial charge in [-0.25, -0.2) is 13.8 Å². The number of amides is 2. The van der Waals surface area contributed by atoms with Gasteiger partial charge in [-0.05, 0) is 67.1 Å². The number of carbonyl (C=O) groups excluding carboxylic acids is 2. The lowest BCUT2D eigenvalue weighted by molar-refractivity contribution is -0.119. The second kappa shape index (κ2) is 12.8. The maximum atomic E-state index is 13.5. The number of hydrogen-bond donors (Lipinski definition) is 2. The van der Waals surface area contributed by atoms with E-state index in [1.807, 2.05) is 6.07 Å². The van der Waals surface area contributed by atoms with Gasteiger partial charge in [0.2, 0.25) is 0 Å². The van der Waals surface area contributed by atoms with E-state index in [0.717, 1.165) is 4.31 Å². The van der Waals surface area contributed by atoms with Crippen molar-refractivity contribution in [2.75, 3.05) is 16.2 Å². The summed E-state index contributed by atoms with van der Waals surface area (Å²) in [5.74, 6) is -0.954. The van der Waals surface area contributed by atoms with Crippen molar-refractivity contribution in [3.63, 3.8) is 0 Å². The molecule has 0 atom stereocenters. The van der Waals surface area contributed by atoms with Gasteiger partial charge in [0, 0.05) is 21.3 Å². The van der Waals surface area contributed by atoms with Crippen molar-refractivity contribution in [1.82, 2.24) is 5.43 Å². The van der Waals surface area contributed by atoms with Gasteiger partial charge in [0.25, 0.3) is 21.8 Å². The van der Waals surface area contributed by atoms with Crippen molar-refractivity contribution in [3.8, 4) is 0 Å². The largest absolute Gasteiger partial charge is 0.322 e. The Balaban J connectivity index is 1.52. The van der Waals surface area contributed by atoms with Crippen LogP contribution in [0.5, 0.6) is 0 Å². The Morgan fingerprint density at radius 1 is 0.800 bits per heavy atom. The molecule has 2 N–H and O–H groups in total. The van der Waals surface area contributed by atoms with Gasteiger partial charge in [-0.15, -0.1) is 0 Å². The minimum absolute atomic E-state index is 0.00653. The van der Waals surface area contributed by atoms with E-state index >= 15 is 0 Å². The van der Waals surface area contributed by atoms with Crippen molar-refractivity contribution in [2.24, 2.45) is 5.10 Å². The molecule has 0 aromatic heterocycles. The van der Waals surface area contributed by atoms with Gasteiger partial charge in [-0.1, -0.05) is 71.7 Å². The lowest BCUT2D eigenvalue weighted by Gasteiger charge is -2.24. The molecule has 0 spiro atoms. The van der Waals surface area contributed by atoms with Crippen LogP contribution in [0, 0.1) is 0 Å². The van der Waals surface area contributed by atoms with E-state index in [2.05, 4.69) is 15.8 Å². The normalized spacial score (nSPS) is 11.5. The SMILES string of the molecule is C/C(=N/NC(=O)CN(c1cc(Cl)cc(Cl)c1)S(=O)(=O)c1ccccc1)c1cccc(NC(=O)c2ccccc2)c1. The number of anilines is 2. The third kappa shape index (κ3) is 7.26. The molecule has 204 valence electrons. The number of carbonyl (C=O) groups is 2. The summed E-state index contributed by atoms with van der Waals surface area (Å²) in [6, 6.07) is 27.7. The predicted octanol–water partition coefficient (Wildman–Crippen LogP) is 5.98. The lowest BCUT2D eigenvalue weighted by Crippen LogP contribution is -2.39. The molecule has 0 aliphatic rings. The molecule has 0 unspecified atom stereocenters. The molecule has 4 aromatic rings. The van der Waals surface area contributed by atoms with Crippen LogP contribution in [-0.4, -0.2) is 32.5 Å². The fraction of sp³-hybridized carbons (Fsp3) is 0.0690. The summed E-state index contributed by atoms with van der Waals surface area (Å²) in [6.07, 6.45) is 0. The molecule has 11 heteroatoms. The van der Waals surface area contributed by atoms with Crippen LogP contribution in [0.1, 0.15) is 22.8 Å². The minimum Gasteiger partial charge on any atom is -0.322 e. The van der Waals surface area contributed by atoms with Crippen molar-refractivity contribution in [3.05, 3.63) is 124 Å². The Bertz CT molecular complexity index is 1640. The van der Waals surface area contributed by atoms with E-state index in [9.17, 15) is 18.0 Å². The number of benzene rings is 4. The number of rotatable bonds is 9. The number of hydrogen-bond acceptors (Lipinski definition) is 5. The molecule has 0 aliphatic heterocycles. The molecule has 8 nitrogen and oxygen atoms in total. The molecule has 0 radical (unpaired) electrons. The van der Waals surface area contributed by atoms with E-state index in [0.29, 0.717) is 22.5 Å². The molecule has 0 bridgehead atoms. The van der Waals surface area contributed by atoms with E-state index in [4.69, 9.17) is 23.2 Å². The van der Waals surface area contributed by atoms with E-state index < -0.39 is 22.5 Å². The van der Waals surface area contributed by atoms with Crippen LogP contribution in [0.25, 0.3) is 0 Å². The molecule has 2 amide bonds. The maximum Gasteiger partial charge on any atom is 0.264 e. The molecule has 40 heavy (non-hydrogen) atoms. The highest BCUT2D eigenvalue weighted by atomic mass is 35.5. The monoisotopic (exact) mass is 594 g/mol. The quantitative estimate of drug-likeness (QED) is 0.183. The third-order valence-corrected chi connectivity index (χ3v) is 7.90. The number of nitrogens with one attached hydrogen (secondary N) is 2. The van der Waals surface area contributed by atoms with Crippen LogP contribution in [0.4, 0.5) is 11.4 Å². The third-order valence-electron chi connectivity index (χ3n) is 5.68. The second-order valence-electron chi connectivity index (χ2n) is 8.59. The highest BCUT2D eigenvalue weighted by Gasteiger charge is 2.27. The molecule has 4 aromatic carbocycles. The summed E-state index contributed by atoms with van der Waals surface area (Å²) in [4.78, 5) is 25.4. The van der Waals surface area contributed by atoms with Gasteiger partial charge in [0.05, 0.1) is 16.3 Å². The van der Waals surface area contributed by atoms with E-state index in [1.165, 1.54) is 30.3 Å². The summed E-state index contributed by atoms with van der Waals surface area (Å²) >= 11 is 12.2. The highest BCUT2D eigenvalue weighted by Crippen LogP contribution is 2.29. The fourth-order valence-corrected chi connectivity index (χ4v) is 5.65. The zero-order chi connectivity index (χ0) is 28.7. The van der Waals surface area contributed by atoms with Crippen LogP contribution in [0.3, 0.4) is 0 Å². The molecule has 4 rings (SSSR count). The minimum atomic E-state index is -4.15. The van der Waals surface area contributed by atoms with Gasteiger partial charge in [0.1, 0.15) is 6.54 Å². The molecular weight excluding hydrogens is 571 g/mol. The second-order valence-corrected chi connectivity index (χ2v) is 11.3. The van der Waals surface area contributed by atoms with Gasteiger partial charge >= 0.3 is 0 Å². The molecule has 0 saturated carbocycles. The van der Waals surface area contributed by atoms with Crippen LogP contribution < -0.4 is 15.0 Å².